The summed E-state index contributed by atoms with van der Waals surface area (Å²) < 4.78 is 10.8. The third-order valence-electron chi connectivity index (χ3n) is 2.65. The van der Waals surface area contributed by atoms with Gasteiger partial charge in [-0.05, 0) is 20.3 Å². The van der Waals surface area contributed by atoms with Crippen molar-refractivity contribution in [3.8, 4) is 0 Å². The Balaban J connectivity index is 2.71. The number of hydrogen-bond acceptors (Lipinski definition) is 4. The standard InChI is InChI=1S/C9H17NO4/c1-4-9(7(11)10-12)5-13-8(2,3)14-6-9/h12H,4-6H2,1-3H3,(H,10,11). The monoisotopic (exact) mass is 203 g/mol. The lowest BCUT2D eigenvalue weighted by Crippen LogP contribution is -2.53. The molecule has 1 fully saturated rings. The summed E-state index contributed by atoms with van der Waals surface area (Å²) in [5.41, 5.74) is 0.895. The lowest BCUT2D eigenvalue weighted by Gasteiger charge is -2.41. The first kappa shape index (κ1) is 11.4. The van der Waals surface area contributed by atoms with Gasteiger partial charge in [-0.3, -0.25) is 10.0 Å². The molecule has 0 atom stereocenters. The summed E-state index contributed by atoms with van der Waals surface area (Å²) in [6.45, 7) is 5.99. The molecule has 1 heterocycles. The molecular weight excluding hydrogens is 186 g/mol. The van der Waals surface area contributed by atoms with Crippen molar-refractivity contribution in [2.45, 2.75) is 33.0 Å². The third-order valence-corrected chi connectivity index (χ3v) is 2.65. The lowest BCUT2D eigenvalue weighted by atomic mass is 9.85. The minimum atomic E-state index is -0.760. The molecule has 0 unspecified atom stereocenters. The summed E-state index contributed by atoms with van der Waals surface area (Å²) in [4.78, 5) is 11.4. The van der Waals surface area contributed by atoms with Gasteiger partial charge in [-0.1, -0.05) is 6.92 Å². The predicted octanol–water partition coefficient (Wildman–Crippen LogP) is 0.671. The maximum absolute atomic E-state index is 11.4. The van der Waals surface area contributed by atoms with Crippen LogP contribution >= 0.6 is 0 Å². The van der Waals surface area contributed by atoms with Crippen LogP contribution in [0.25, 0.3) is 0 Å². The molecule has 0 bridgehead atoms. The quantitative estimate of drug-likeness (QED) is 0.511. The average molecular weight is 203 g/mol. The Hall–Kier alpha value is -0.650. The van der Waals surface area contributed by atoms with Crippen LogP contribution in [-0.2, 0) is 14.3 Å². The second kappa shape index (κ2) is 3.84. The highest BCUT2D eigenvalue weighted by Crippen LogP contribution is 2.32. The Morgan fingerprint density at radius 3 is 2.29 bits per heavy atom. The van der Waals surface area contributed by atoms with Gasteiger partial charge in [0.05, 0.1) is 18.6 Å². The molecule has 5 nitrogen and oxygen atoms in total. The first-order valence-corrected chi connectivity index (χ1v) is 4.68. The summed E-state index contributed by atoms with van der Waals surface area (Å²) in [5.74, 6) is -1.09. The molecule has 2 N–H and O–H groups in total. The van der Waals surface area contributed by atoms with Gasteiger partial charge in [-0.15, -0.1) is 0 Å². The molecule has 0 spiro atoms. The molecule has 1 amide bonds. The Kier molecular flexibility index (Phi) is 3.14. The van der Waals surface area contributed by atoms with E-state index in [-0.39, 0.29) is 13.2 Å². The van der Waals surface area contributed by atoms with E-state index in [2.05, 4.69) is 0 Å². The molecule has 0 aromatic rings. The number of nitrogens with one attached hydrogen (secondary N) is 1. The molecule has 0 aromatic heterocycles. The minimum absolute atomic E-state index is 0.267. The van der Waals surface area contributed by atoms with E-state index in [0.29, 0.717) is 6.42 Å². The Morgan fingerprint density at radius 2 is 1.93 bits per heavy atom. The molecular formula is C9H17NO4. The zero-order valence-corrected chi connectivity index (χ0v) is 8.79. The van der Waals surface area contributed by atoms with Crippen LogP contribution in [0, 0.1) is 5.41 Å². The highest BCUT2D eigenvalue weighted by molar-refractivity contribution is 5.81. The Morgan fingerprint density at radius 1 is 1.43 bits per heavy atom. The molecule has 1 rings (SSSR count). The van der Waals surface area contributed by atoms with E-state index < -0.39 is 17.1 Å². The largest absolute Gasteiger partial charge is 0.349 e. The third kappa shape index (κ3) is 2.05. The fraction of sp³-hybridized carbons (Fsp3) is 0.889. The fourth-order valence-electron chi connectivity index (χ4n) is 1.32. The van der Waals surface area contributed by atoms with Gasteiger partial charge in [0, 0.05) is 0 Å². The van der Waals surface area contributed by atoms with Gasteiger partial charge in [-0.2, -0.15) is 0 Å². The Bertz CT molecular complexity index is 217. The summed E-state index contributed by atoms with van der Waals surface area (Å²) in [6.07, 6.45) is 0.565. The smallest absolute Gasteiger partial charge is 0.254 e. The van der Waals surface area contributed by atoms with E-state index in [1.165, 1.54) is 0 Å². The van der Waals surface area contributed by atoms with Crippen LogP contribution in [0.2, 0.25) is 0 Å². The molecule has 5 heteroatoms. The maximum Gasteiger partial charge on any atom is 0.254 e. The highest BCUT2D eigenvalue weighted by Gasteiger charge is 2.44. The van der Waals surface area contributed by atoms with Gasteiger partial charge in [0.25, 0.3) is 5.91 Å². The van der Waals surface area contributed by atoms with Crippen LogP contribution in [0.4, 0.5) is 0 Å². The summed E-state index contributed by atoms with van der Waals surface area (Å²) >= 11 is 0. The number of carbonyl (C=O) groups excluding carboxylic acids is 1. The van der Waals surface area contributed by atoms with Crippen LogP contribution in [0.1, 0.15) is 27.2 Å². The van der Waals surface area contributed by atoms with Crippen molar-refractivity contribution in [1.82, 2.24) is 5.48 Å². The van der Waals surface area contributed by atoms with Crippen LogP contribution in [0.3, 0.4) is 0 Å². The molecule has 1 aliphatic rings. The minimum Gasteiger partial charge on any atom is -0.349 e. The van der Waals surface area contributed by atoms with E-state index in [1.807, 2.05) is 6.92 Å². The van der Waals surface area contributed by atoms with E-state index in [1.54, 1.807) is 19.3 Å². The van der Waals surface area contributed by atoms with Crippen molar-refractivity contribution >= 4 is 5.91 Å². The maximum atomic E-state index is 11.4. The zero-order chi connectivity index (χ0) is 10.8. The molecule has 0 radical (unpaired) electrons. The average Bonchev–Trinajstić information content (AvgIpc) is 2.18. The lowest BCUT2D eigenvalue weighted by molar-refractivity contribution is -0.281. The van der Waals surface area contributed by atoms with Crippen molar-refractivity contribution in [2.24, 2.45) is 5.41 Å². The van der Waals surface area contributed by atoms with Gasteiger partial charge >= 0.3 is 0 Å². The first-order chi connectivity index (χ1) is 6.46. The molecule has 0 saturated carbocycles. The van der Waals surface area contributed by atoms with Gasteiger partial charge < -0.3 is 9.47 Å². The highest BCUT2D eigenvalue weighted by atomic mass is 16.7. The molecule has 82 valence electrons. The van der Waals surface area contributed by atoms with Crippen LogP contribution < -0.4 is 5.48 Å². The zero-order valence-electron chi connectivity index (χ0n) is 8.79. The SMILES string of the molecule is CCC1(C(=O)NO)COC(C)(C)OC1. The van der Waals surface area contributed by atoms with Crippen LogP contribution in [-0.4, -0.2) is 30.1 Å². The van der Waals surface area contributed by atoms with Gasteiger partial charge in [0.1, 0.15) is 0 Å². The number of hydroxylamine groups is 1. The van der Waals surface area contributed by atoms with Crippen molar-refractivity contribution < 1.29 is 19.5 Å². The second-order valence-corrected chi connectivity index (χ2v) is 4.05. The molecule has 1 saturated heterocycles. The van der Waals surface area contributed by atoms with Crippen molar-refractivity contribution in [3.63, 3.8) is 0 Å². The second-order valence-electron chi connectivity index (χ2n) is 4.05. The summed E-state index contributed by atoms with van der Waals surface area (Å²) in [5, 5.41) is 8.60. The van der Waals surface area contributed by atoms with Gasteiger partial charge in [-0.25, -0.2) is 5.48 Å². The number of carbonyl (C=O) groups is 1. The molecule has 1 aliphatic heterocycles. The number of ether oxygens (including phenoxy) is 2. The van der Waals surface area contributed by atoms with E-state index >= 15 is 0 Å². The number of amides is 1. The molecule has 14 heavy (non-hydrogen) atoms. The normalized spacial score (nSPS) is 24.3. The van der Waals surface area contributed by atoms with Gasteiger partial charge in [0.15, 0.2) is 5.79 Å². The number of hydrogen-bond donors (Lipinski definition) is 2. The van der Waals surface area contributed by atoms with Gasteiger partial charge in [0.2, 0.25) is 0 Å². The van der Waals surface area contributed by atoms with E-state index in [9.17, 15) is 4.79 Å². The predicted molar refractivity (Wildman–Crippen MR) is 48.6 cm³/mol. The first-order valence-electron chi connectivity index (χ1n) is 4.68. The number of rotatable bonds is 2. The summed E-state index contributed by atoms with van der Waals surface area (Å²) in [6, 6.07) is 0. The van der Waals surface area contributed by atoms with Crippen LogP contribution in [0.5, 0.6) is 0 Å². The van der Waals surface area contributed by atoms with Crippen molar-refractivity contribution in [3.05, 3.63) is 0 Å². The summed E-state index contributed by atoms with van der Waals surface area (Å²) in [7, 11) is 0. The molecule has 0 aliphatic carbocycles. The van der Waals surface area contributed by atoms with Crippen molar-refractivity contribution in [1.29, 1.82) is 0 Å². The van der Waals surface area contributed by atoms with Crippen molar-refractivity contribution in [2.75, 3.05) is 13.2 Å². The molecule has 0 aromatic carbocycles. The topological polar surface area (TPSA) is 67.8 Å². The Labute approximate surface area is 83.3 Å². The fourth-order valence-corrected chi connectivity index (χ4v) is 1.32. The van der Waals surface area contributed by atoms with Crippen LogP contribution in [0.15, 0.2) is 0 Å². The van der Waals surface area contributed by atoms with E-state index in [4.69, 9.17) is 14.7 Å². The van der Waals surface area contributed by atoms with E-state index in [0.717, 1.165) is 0 Å².